The zero-order valence-corrected chi connectivity index (χ0v) is 11.4. The molecule has 0 aliphatic rings. The molecule has 15 heavy (non-hydrogen) atoms. The zero-order chi connectivity index (χ0) is 11.5. The lowest BCUT2D eigenvalue weighted by molar-refractivity contribution is 0.209. The minimum atomic E-state index is 0.844. The summed E-state index contributed by atoms with van der Waals surface area (Å²) in [5.41, 5.74) is 0. The molecule has 0 saturated carbocycles. The van der Waals surface area contributed by atoms with E-state index in [4.69, 9.17) is 0 Å². The Bertz CT molecular complexity index is 115. The second-order valence-electron chi connectivity index (χ2n) is 4.77. The van der Waals surface area contributed by atoms with Crippen LogP contribution in [-0.4, -0.2) is 24.5 Å². The second-order valence-corrected chi connectivity index (χ2v) is 4.77. The Morgan fingerprint density at radius 2 is 1.27 bits per heavy atom. The molecule has 0 rings (SSSR count). The fraction of sp³-hybridized carbons (Fsp3) is 1.00. The third kappa shape index (κ3) is 7.84. The third-order valence-corrected chi connectivity index (χ3v) is 3.27. The van der Waals surface area contributed by atoms with Crippen molar-refractivity contribution >= 4 is 0 Å². The molecule has 92 valence electrons. The van der Waals surface area contributed by atoms with Crippen LogP contribution >= 0.6 is 0 Å². The van der Waals surface area contributed by atoms with Crippen LogP contribution in [0.15, 0.2) is 0 Å². The average Bonchev–Trinajstić information content (AvgIpc) is 2.26. The molecule has 0 fully saturated rings. The van der Waals surface area contributed by atoms with Crippen LogP contribution in [0.3, 0.4) is 0 Å². The number of rotatable bonds is 10. The van der Waals surface area contributed by atoms with Gasteiger partial charge in [-0.15, -0.1) is 0 Å². The lowest BCUT2D eigenvalue weighted by atomic mass is 10.0. The van der Waals surface area contributed by atoms with Gasteiger partial charge in [-0.3, -0.25) is 0 Å². The molecule has 0 N–H and O–H groups in total. The van der Waals surface area contributed by atoms with Crippen LogP contribution in [0, 0.1) is 0 Å². The van der Waals surface area contributed by atoms with Gasteiger partial charge >= 0.3 is 0 Å². The van der Waals surface area contributed by atoms with Gasteiger partial charge in [0.1, 0.15) is 0 Å². The molecule has 0 aromatic heterocycles. The fourth-order valence-electron chi connectivity index (χ4n) is 2.05. The summed E-state index contributed by atoms with van der Waals surface area (Å²) in [6.45, 7) is 8.15. The molecule has 0 heterocycles. The maximum atomic E-state index is 2.59. The van der Waals surface area contributed by atoms with Crippen LogP contribution < -0.4 is 0 Å². The van der Waals surface area contributed by atoms with E-state index in [0.29, 0.717) is 0 Å². The molecule has 1 nitrogen and oxygen atoms in total. The molecule has 0 atom stereocenters. The van der Waals surface area contributed by atoms with Gasteiger partial charge in [0.15, 0.2) is 0 Å². The van der Waals surface area contributed by atoms with E-state index < -0.39 is 0 Å². The Morgan fingerprint density at radius 3 is 1.67 bits per heavy atom. The van der Waals surface area contributed by atoms with Crippen LogP contribution in [0.2, 0.25) is 0 Å². The predicted octanol–water partition coefficient (Wildman–Crippen LogP) is 4.47. The van der Waals surface area contributed by atoms with Crippen molar-refractivity contribution in [1.82, 2.24) is 4.90 Å². The molecule has 0 aromatic carbocycles. The van der Waals surface area contributed by atoms with Gasteiger partial charge in [0.05, 0.1) is 0 Å². The van der Waals surface area contributed by atoms with Crippen molar-refractivity contribution in [3.63, 3.8) is 0 Å². The summed E-state index contributed by atoms with van der Waals surface area (Å²) in [6.07, 6.45) is 10.9. The minimum absolute atomic E-state index is 0.844. The highest BCUT2D eigenvalue weighted by molar-refractivity contribution is 4.68. The Kier molecular flexibility index (Phi) is 10.4. The van der Waals surface area contributed by atoms with Gasteiger partial charge in [-0.05, 0) is 32.9 Å². The van der Waals surface area contributed by atoms with E-state index >= 15 is 0 Å². The molecular weight excluding hydrogens is 182 g/mol. The number of unbranched alkanes of at least 4 members (excludes halogenated alkanes) is 3. The summed E-state index contributed by atoms with van der Waals surface area (Å²) in [7, 11) is 2.31. The molecule has 0 bridgehead atoms. The number of hydrogen-bond donors (Lipinski definition) is 0. The smallest absolute Gasteiger partial charge is 0.00922 e. The van der Waals surface area contributed by atoms with E-state index in [2.05, 4.69) is 32.7 Å². The van der Waals surface area contributed by atoms with Gasteiger partial charge in [0, 0.05) is 6.04 Å². The monoisotopic (exact) mass is 213 g/mol. The minimum Gasteiger partial charge on any atom is -0.303 e. The second kappa shape index (κ2) is 10.5. The molecule has 0 aliphatic heterocycles. The van der Waals surface area contributed by atoms with Crippen molar-refractivity contribution in [3.8, 4) is 0 Å². The number of hydrogen-bond acceptors (Lipinski definition) is 1. The maximum Gasteiger partial charge on any atom is 0.00922 e. The first-order chi connectivity index (χ1) is 7.26. The first-order valence-electron chi connectivity index (χ1n) is 6.96. The van der Waals surface area contributed by atoms with E-state index in [1.807, 2.05) is 0 Å². The Hall–Kier alpha value is -0.0400. The SMILES string of the molecule is CCCCC(CCCC)N(C)CCCC. The van der Waals surface area contributed by atoms with Gasteiger partial charge in [0.25, 0.3) is 0 Å². The van der Waals surface area contributed by atoms with Gasteiger partial charge in [-0.2, -0.15) is 0 Å². The topological polar surface area (TPSA) is 3.24 Å². The highest BCUT2D eigenvalue weighted by Crippen LogP contribution is 2.14. The van der Waals surface area contributed by atoms with Gasteiger partial charge < -0.3 is 4.90 Å². The van der Waals surface area contributed by atoms with E-state index in [1.54, 1.807) is 0 Å². The van der Waals surface area contributed by atoms with Gasteiger partial charge in [-0.1, -0.05) is 52.9 Å². The Balaban J connectivity index is 3.84. The van der Waals surface area contributed by atoms with Crippen molar-refractivity contribution in [1.29, 1.82) is 0 Å². The summed E-state index contributed by atoms with van der Waals surface area (Å²) < 4.78 is 0. The quantitative estimate of drug-likeness (QED) is 0.517. The molecule has 0 aliphatic carbocycles. The predicted molar refractivity (Wildman–Crippen MR) is 70.4 cm³/mol. The Morgan fingerprint density at radius 1 is 0.800 bits per heavy atom. The normalized spacial score (nSPS) is 11.6. The molecule has 1 heteroatoms. The molecule has 0 spiro atoms. The summed E-state index contributed by atoms with van der Waals surface area (Å²) in [4.78, 5) is 2.59. The largest absolute Gasteiger partial charge is 0.303 e. The van der Waals surface area contributed by atoms with E-state index in [0.717, 1.165) is 6.04 Å². The lowest BCUT2D eigenvalue weighted by Gasteiger charge is -2.28. The van der Waals surface area contributed by atoms with Crippen LogP contribution in [-0.2, 0) is 0 Å². The third-order valence-electron chi connectivity index (χ3n) is 3.27. The zero-order valence-electron chi connectivity index (χ0n) is 11.4. The molecule has 0 radical (unpaired) electrons. The summed E-state index contributed by atoms with van der Waals surface area (Å²) >= 11 is 0. The average molecular weight is 213 g/mol. The summed E-state index contributed by atoms with van der Waals surface area (Å²) in [5, 5.41) is 0. The molecule has 0 amide bonds. The van der Waals surface area contributed by atoms with E-state index in [1.165, 1.54) is 57.9 Å². The first-order valence-corrected chi connectivity index (χ1v) is 6.96. The van der Waals surface area contributed by atoms with Crippen molar-refractivity contribution in [2.24, 2.45) is 0 Å². The number of nitrogens with zero attached hydrogens (tertiary/aromatic N) is 1. The van der Waals surface area contributed by atoms with Crippen molar-refractivity contribution in [3.05, 3.63) is 0 Å². The fourth-order valence-corrected chi connectivity index (χ4v) is 2.05. The highest BCUT2D eigenvalue weighted by atomic mass is 15.1. The summed E-state index contributed by atoms with van der Waals surface area (Å²) in [5.74, 6) is 0. The van der Waals surface area contributed by atoms with E-state index in [-0.39, 0.29) is 0 Å². The van der Waals surface area contributed by atoms with Gasteiger partial charge in [0.2, 0.25) is 0 Å². The van der Waals surface area contributed by atoms with Crippen molar-refractivity contribution in [2.45, 2.75) is 78.2 Å². The van der Waals surface area contributed by atoms with Gasteiger partial charge in [-0.25, -0.2) is 0 Å². The lowest BCUT2D eigenvalue weighted by Crippen LogP contribution is -2.32. The first kappa shape index (κ1) is 15.0. The van der Waals surface area contributed by atoms with E-state index in [9.17, 15) is 0 Å². The standard InChI is InChI=1S/C14H31N/c1-5-8-11-14(12-9-6-2)15(4)13-10-7-3/h14H,5-13H2,1-4H3. The molecule has 0 unspecified atom stereocenters. The molecule has 0 saturated heterocycles. The van der Waals surface area contributed by atoms with Crippen LogP contribution in [0.1, 0.15) is 72.1 Å². The molecule has 0 aromatic rings. The highest BCUT2D eigenvalue weighted by Gasteiger charge is 2.12. The molecular formula is C14H31N. The van der Waals surface area contributed by atoms with Crippen LogP contribution in [0.25, 0.3) is 0 Å². The Labute approximate surface area is 97.2 Å². The van der Waals surface area contributed by atoms with Crippen molar-refractivity contribution in [2.75, 3.05) is 13.6 Å². The van der Waals surface area contributed by atoms with Crippen molar-refractivity contribution < 1.29 is 0 Å². The van der Waals surface area contributed by atoms with Crippen LogP contribution in [0.5, 0.6) is 0 Å². The maximum absolute atomic E-state index is 2.59. The van der Waals surface area contributed by atoms with Crippen LogP contribution in [0.4, 0.5) is 0 Å². The summed E-state index contributed by atoms with van der Waals surface area (Å²) in [6, 6.07) is 0.844.